The lowest BCUT2D eigenvalue weighted by Crippen LogP contribution is -2.31. The van der Waals surface area contributed by atoms with Crippen LogP contribution in [0.3, 0.4) is 0 Å². The van der Waals surface area contributed by atoms with E-state index in [0.717, 1.165) is 56.0 Å². The molecule has 1 aromatic heterocycles. The van der Waals surface area contributed by atoms with Gasteiger partial charge in [-0.3, -0.25) is 4.79 Å². The molecule has 0 amide bonds. The molecule has 188 valence electrons. The van der Waals surface area contributed by atoms with Crippen LogP contribution in [-0.4, -0.2) is 48.3 Å². The minimum absolute atomic E-state index is 0.0527. The molecule has 1 fully saturated rings. The van der Waals surface area contributed by atoms with E-state index in [9.17, 15) is 4.79 Å². The molecule has 35 heavy (non-hydrogen) atoms. The molecule has 0 bridgehead atoms. The fourth-order valence-corrected chi connectivity index (χ4v) is 5.26. The van der Waals surface area contributed by atoms with Gasteiger partial charge in [-0.1, -0.05) is 51.3 Å². The lowest BCUT2D eigenvalue weighted by molar-refractivity contribution is 0.0977. The summed E-state index contributed by atoms with van der Waals surface area (Å²) >= 11 is 0. The van der Waals surface area contributed by atoms with E-state index in [1.54, 1.807) is 7.11 Å². The van der Waals surface area contributed by atoms with Crippen molar-refractivity contribution in [2.45, 2.75) is 72.3 Å². The summed E-state index contributed by atoms with van der Waals surface area (Å²) in [6.07, 6.45) is 12.4. The summed E-state index contributed by atoms with van der Waals surface area (Å²) in [6, 6.07) is 7.39. The molecule has 0 atom stereocenters. The van der Waals surface area contributed by atoms with E-state index in [1.165, 1.54) is 37.1 Å². The van der Waals surface area contributed by atoms with E-state index in [1.807, 2.05) is 35.5 Å². The highest BCUT2D eigenvalue weighted by molar-refractivity contribution is 6.01. The molecule has 6 nitrogen and oxygen atoms in total. The van der Waals surface area contributed by atoms with Gasteiger partial charge in [0.2, 0.25) is 0 Å². The maximum atomic E-state index is 13.3. The smallest absolute Gasteiger partial charge is 0.182 e. The van der Waals surface area contributed by atoms with Gasteiger partial charge in [-0.25, -0.2) is 4.99 Å². The van der Waals surface area contributed by atoms with Gasteiger partial charge in [0.05, 0.1) is 37.1 Å². The van der Waals surface area contributed by atoms with E-state index in [-0.39, 0.29) is 12.3 Å². The highest BCUT2D eigenvalue weighted by Crippen LogP contribution is 2.43. The third-order valence-corrected chi connectivity index (χ3v) is 7.06. The number of carbonyl (C=O) groups excluding carboxylic acids is 1. The maximum Gasteiger partial charge on any atom is 0.182 e. The molecule has 0 spiro atoms. The molecule has 0 unspecified atom stereocenters. The normalized spacial score (nSPS) is 17.0. The molecule has 6 heteroatoms. The zero-order valence-corrected chi connectivity index (χ0v) is 21.8. The molecule has 0 N–H and O–H groups in total. The number of methoxy groups -OCH3 is 1. The number of carbonyl (C=O) groups is 1. The van der Waals surface area contributed by atoms with Crippen LogP contribution in [0.1, 0.15) is 80.4 Å². The number of benzene rings is 1. The van der Waals surface area contributed by atoms with Crippen LogP contribution in [0.2, 0.25) is 0 Å². The topological polar surface area (TPSA) is 50.1 Å². The second-order valence-corrected chi connectivity index (χ2v) is 9.58. The summed E-state index contributed by atoms with van der Waals surface area (Å²) in [5.41, 5.74) is 5.23. The highest BCUT2D eigenvalue weighted by Gasteiger charge is 2.31. The van der Waals surface area contributed by atoms with Gasteiger partial charge in [0.25, 0.3) is 0 Å². The van der Waals surface area contributed by atoms with E-state index < -0.39 is 0 Å². The Hall–Kier alpha value is -3.02. The van der Waals surface area contributed by atoms with E-state index >= 15 is 0 Å². The first-order chi connectivity index (χ1) is 17.1. The SMILES string of the molecule is CC/C=C1/c2c(c(C)c(N3CCCCCC3)n2CCCC)N=CN1CC(=O)c1cccc(OC)c1. The van der Waals surface area contributed by atoms with Crippen molar-refractivity contribution in [3.8, 4) is 5.75 Å². The first-order valence-electron chi connectivity index (χ1n) is 13.3. The van der Waals surface area contributed by atoms with Crippen LogP contribution < -0.4 is 9.64 Å². The summed E-state index contributed by atoms with van der Waals surface area (Å²) in [5, 5.41) is 0. The number of aliphatic imine (C=N–C) groups is 1. The second-order valence-electron chi connectivity index (χ2n) is 9.58. The Morgan fingerprint density at radius 1 is 1.14 bits per heavy atom. The van der Waals surface area contributed by atoms with Crippen LogP contribution in [-0.2, 0) is 6.54 Å². The summed E-state index contributed by atoms with van der Waals surface area (Å²) in [7, 11) is 1.62. The first-order valence-corrected chi connectivity index (χ1v) is 13.3. The van der Waals surface area contributed by atoms with Crippen molar-refractivity contribution >= 4 is 29.3 Å². The Balaban J connectivity index is 1.72. The number of ether oxygens (including phenoxy) is 1. The number of fused-ring (bicyclic) bond motifs is 1. The number of hydrogen-bond acceptors (Lipinski definition) is 5. The zero-order valence-electron chi connectivity index (χ0n) is 21.8. The van der Waals surface area contributed by atoms with Crippen molar-refractivity contribution in [2.24, 2.45) is 4.99 Å². The van der Waals surface area contributed by atoms with Crippen molar-refractivity contribution in [2.75, 3.05) is 31.6 Å². The number of aromatic nitrogens is 1. The Labute approximate surface area is 210 Å². The lowest BCUT2D eigenvalue weighted by atomic mass is 10.1. The van der Waals surface area contributed by atoms with Crippen molar-refractivity contribution in [3.05, 3.63) is 47.2 Å². The first kappa shape index (κ1) is 25.1. The van der Waals surface area contributed by atoms with Crippen LogP contribution >= 0.6 is 0 Å². The van der Waals surface area contributed by atoms with Crippen molar-refractivity contribution in [3.63, 3.8) is 0 Å². The number of nitrogens with zero attached hydrogens (tertiary/aromatic N) is 4. The summed E-state index contributed by atoms with van der Waals surface area (Å²) in [4.78, 5) is 22.8. The highest BCUT2D eigenvalue weighted by atomic mass is 16.5. The molecule has 1 saturated heterocycles. The summed E-state index contributed by atoms with van der Waals surface area (Å²) in [6.45, 7) is 10.0. The molecular weight excluding hydrogens is 436 g/mol. The number of anilines is 1. The average Bonchev–Trinajstić information content (AvgIpc) is 3.02. The number of hydrogen-bond donors (Lipinski definition) is 0. The minimum atomic E-state index is 0.0527. The molecule has 4 rings (SSSR count). The van der Waals surface area contributed by atoms with Crippen molar-refractivity contribution in [1.29, 1.82) is 0 Å². The van der Waals surface area contributed by atoms with Gasteiger partial charge < -0.3 is 19.1 Å². The maximum absolute atomic E-state index is 13.3. The number of ketones is 1. The summed E-state index contributed by atoms with van der Waals surface area (Å²) < 4.78 is 7.83. The van der Waals surface area contributed by atoms with Crippen LogP contribution in [0.4, 0.5) is 11.5 Å². The number of allylic oxidation sites excluding steroid dienone is 1. The fraction of sp³-hybridized carbons (Fsp3) is 0.517. The van der Waals surface area contributed by atoms with Gasteiger partial charge in [0.15, 0.2) is 5.78 Å². The van der Waals surface area contributed by atoms with Crippen LogP contribution in [0.5, 0.6) is 5.75 Å². The molecule has 0 aliphatic carbocycles. The van der Waals surface area contributed by atoms with Crippen LogP contribution in [0.15, 0.2) is 35.3 Å². The molecule has 2 aliphatic rings. The number of Topliss-reactive ketones (excluding diaryl/α,β-unsaturated/α-hetero) is 1. The third kappa shape index (κ3) is 5.31. The Morgan fingerprint density at radius 3 is 2.60 bits per heavy atom. The van der Waals surface area contributed by atoms with Crippen LogP contribution in [0.25, 0.3) is 5.70 Å². The molecule has 1 aromatic carbocycles. The largest absolute Gasteiger partial charge is 0.497 e. The Morgan fingerprint density at radius 2 is 1.91 bits per heavy atom. The van der Waals surface area contributed by atoms with Gasteiger partial charge in [0.1, 0.15) is 11.6 Å². The van der Waals surface area contributed by atoms with Gasteiger partial charge in [-0.05, 0) is 44.7 Å². The monoisotopic (exact) mass is 476 g/mol. The number of rotatable bonds is 9. The fourth-order valence-electron chi connectivity index (χ4n) is 5.26. The quantitative estimate of drug-likeness (QED) is 0.383. The summed E-state index contributed by atoms with van der Waals surface area (Å²) in [5.74, 6) is 2.07. The second kappa shape index (κ2) is 11.6. The molecule has 2 aromatic rings. The van der Waals surface area contributed by atoms with Crippen molar-refractivity contribution in [1.82, 2.24) is 9.47 Å². The predicted octanol–water partition coefficient (Wildman–Crippen LogP) is 6.59. The van der Waals surface area contributed by atoms with Gasteiger partial charge in [-0.2, -0.15) is 0 Å². The number of unbranched alkanes of at least 4 members (excludes halogenated alkanes) is 1. The molecular formula is C29H40N4O2. The molecule has 0 saturated carbocycles. The lowest BCUT2D eigenvalue weighted by Gasteiger charge is -2.29. The van der Waals surface area contributed by atoms with Gasteiger partial charge in [-0.15, -0.1) is 0 Å². The third-order valence-electron chi connectivity index (χ3n) is 7.06. The Kier molecular flexibility index (Phi) is 8.32. The molecule has 0 radical (unpaired) electrons. The van der Waals surface area contributed by atoms with E-state index in [0.29, 0.717) is 11.3 Å². The average molecular weight is 477 g/mol. The van der Waals surface area contributed by atoms with Crippen molar-refractivity contribution < 1.29 is 9.53 Å². The Bertz CT molecular complexity index is 1090. The standard InChI is InChI=1S/C29H40N4O2/c1-5-7-18-33-28-25(13-6-2)32(20-26(34)23-14-12-15-24(19-23)35-4)21-30-27(28)22(3)29(33)31-16-10-8-9-11-17-31/h12-15,19,21H,5-11,16-18,20H2,1-4H3/b25-13-. The van der Waals surface area contributed by atoms with E-state index in [4.69, 9.17) is 9.73 Å². The van der Waals surface area contributed by atoms with Gasteiger partial charge >= 0.3 is 0 Å². The minimum Gasteiger partial charge on any atom is -0.497 e. The molecule has 3 heterocycles. The van der Waals surface area contributed by atoms with Crippen LogP contribution in [0, 0.1) is 6.92 Å². The predicted molar refractivity (Wildman–Crippen MR) is 145 cm³/mol. The zero-order chi connectivity index (χ0) is 24.8. The van der Waals surface area contributed by atoms with Gasteiger partial charge in [0, 0.05) is 30.8 Å². The van der Waals surface area contributed by atoms with E-state index in [2.05, 4.69) is 36.3 Å². The molecule has 2 aliphatic heterocycles.